The summed E-state index contributed by atoms with van der Waals surface area (Å²) >= 11 is 0. The molecule has 0 fully saturated rings. The lowest BCUT2D eigenvalue weighted by Crippen LogP contribution is -2.33. The topological polar surface area (TPSA) is 62.2 Å². The third-order valence-corrected chi connectivity index (χ3v) is 1.71. The molecule has 15 heavy (non-hydrogen) atoms. The molecule has 0 bridgehead atoms. The van der Waals surface area contributed by atoms with Crippen molar-refractivity contribution in [3.8, 4) is 0 Å². The van der Waals surface area contributed by atoms with E-state index in [0.29, 0.717) is 6.54 Å². The summed E-state index contributed by atoms with van der Waals surface area (Å²) in [4.78, 5) is 14.4. The van der Waals surface area contributed by atoms with E-state index in [2.05, 4.69) is 10.3 Å². The summed E-state index contributed by atoms with van der Waals surface area (Å²) in [7, 11) is 0. The lowest BCUT2D eigenvalue weighted by molar-refractivity contribution is -0.139. The molecule has 1 heterocycles. The van der Waals surface area contributed by atoms with E-state index in [1.807, 2.05) is 12.1 Å². The molecule has 0 aromatic carbocycles. The van der Waals surface area contributed by atoms with Crippen molar-refractivity contribution < 1.29 is 9.90 Å². The van der Waals surface area contributed by atoms with Gasteiger partial charge in [0, 0.05) is 18.9 Å². The van der Waals surface area contributed by atoms with Crippen LogP contribution in [-0.2, 0) is 11.3 Å². The Labute approximate surface area is 101 Å². The third kappa shape index (κ3) is 6.28. The molecule has 0 amide bonds. The Balaban J connectivity index is 0. The Morgan fingerprint density at radius 1 is 1.60 bits per heavy atom. The predicted molar refractivity (Wildman–Crippen MR) is 62.7 cm³/mol. The fourth-order valence-electron chi connectivity index (χ4n) is 0.861. The summed E-state index contributed by atoms with van der Waals surface area (Å²) in [6.45, 7) is 2.14. The zero-order valence-corrected chi connectivity index (χ0v) is 9.85. The molecule has 1 aromatic heterocycles. The van der Waals surface area contributed by atoms with Crippen LogP contribution >= 0.6 is 24.8 Å². The van der Waals surface area contributed by atoms with Crippen LogP contribution in [0.15, 0.2) is 24.5 Å². The van der Waals surface area contributed by atoms with E-state index < -0.39 is 12.0 Å². The smallest absolute Gasteiger partial charge is 0.320 e. The average molecular weight is 253 g/mol. The van der Waals surface area contributed by atoms with Gasteiger partial charge in [-0.15, -0.1) is 24.8 Å². The Kier molecular flexibility index (Phi) is 9.36. The van der Waals surface area contributed by atoms with Crippen LogP contribution in [-0.4, -0.2) is 22.1 Å². The zero-order valence-electron chi connectivity index (χ0n) is 8.21. The highest BCUT2D eigenvalue weighted by Gasteiger charge is 2.08. The van der Waals surface area contributed by atoms with Crippen molar-refractivity contribution in [1.29, 1.82) is 0 Å². The number of carbonyl (C=O) groups is 1. The van der Waals surface area contributed by atoms with Crippen molar-refractivity contribution in [3.63, 3.8) is 0 Å². The summed E-state index contributed by atoms with van der Waals surface area (Å²) in [5.41, 5.74) is 0.982. The van der Waals surface area contributed by atoms with Gasteiger partial charge in [-0.3, -0.25) is 9.78 Å². The van der Waals surface area contributed by atoms with Crippen molar-refractivity contribution in [2.75, 3.05) is 0 Å². The normalized spacial score (nSPS) is 10.7. The number of halogens is 2. The monoisotopic (exact) mass is 252 g/mol. The first-order valence-electron chi connectivity index (χ1n) is 4.05. The van der Waals surface area contributed by atoms with Gasteiger partial charge in [0.25, 0.3) is 0 Å². The Bertz CT molecular complexity index is 283. The second kappa shape index (κ2) is 8.47. The minimum atomic E-state index is -0.844. The van der Waals surface area contributed by atoms with E-state index in [4.69, 9.17) is 5.11 Å². The number of rotatable bonds is 4. The number of carboxylic acids is 1. The predicted octanol–water partition coefficient (Wildman–Crippen LogP) is 1.49. The molecule has 1 aromatic rings. The van der Waals surface area contributed by atoms with Crippen LogP contribution in [0, 0.1) is 0 Å². The summed E-state index contributed by atoms with van der Waals surface area (Å²) < 4.78 is 0. The maximum absolute atomic E-state index is 10.4. The molecule has 0 saturated carbocycles. The highest BCUT2D eigenvalue weighted by molar-refractivity contribution is 5.85. The largest absolute Gasteiger partial charge is 0.480 e. The third-order valence-electron chi connectivity index (χ3n) is 1.71. The molecule has 0 aliphatic rings. The first-order chi connectivity index (χ1) is 6.20. The maximum atomic E-state index is 10.4. The lowest BCUT2D eigenvalue weighted by Gasteiger charge is -2.07. The Hall–Kier alpha value is -0.840. The fraction of sp³-hybridized carbons (Fsp3) is 0.333. The molecule has 0 radical (unpaired) electrons. The first kappa shape index (κ1) is 16.6. The minimum absolute atomic E-state index is 0. The molecule has 0 spiro atoms. The van der Waals surface area contributed by atoms with Crippen molar-refractivity contribution in [1.82, 2.24) is 10.3 Å². The van der Waals surface area contributed by atoms with E-state index >= 15 is 0 Å². The van der Waals surface area contributed by atoms with Gasteiger partial charge in [0.05, 0.1) is 0 Å². The van der Waals surface area contributed by atoms with Crippen molar-refractivity contribution in [2.45, 2.75) is 19.5 Å². The quantitative estimate of drug-likeness (QED) is 0.853. The average Bonchev–Trinajstić information content (AvgIpc) is 2.15. The van der Waals surface area contributed by atoms with E-state index in [9.17, 15) is 4.79 Å². The second-order valence-corrected chi connectivity index (χ2v) is 2.80. The molecule has 0 aliphatic heterocycles. The van der Waals surface area contributed by atoms with E-state index in [1.54, 1.807) is 19.3 Å². The number of carboxylic acid groups (broad SMARTS) is 1. The molecule has 0 aliphatic carbocycles. The number of aliphatic carboxylic acids is 1. The van der Waals surface area contributed by atoms with Crippen LogP contribution in [0.5, 0.6) is 0 Å². The van der Waals surface area contributed by atoms with Gasteiger partial charge in [-0.1, -0.05) is 6.07 Å². The summed E-state index contributed by atoms with van der Waals surface area (Å²) in [6, 6.07) is 3.19. The molecule has 2 N–H and O–H groups in total. The molecule has 0 saturated heterocycles. The number of aromatic nitrogens is 1. The number of nitrogens with one attached hydrogen (secondary N) is 1. The van der Waals surface area contributed by atoms with Gasteiger partial charge in [0.15, 0.2) is 0 Å². The van der Waals surface area contributed by atoms with Crippen molar-refractivity contribution >= 4 is 30.8 Å². The van der Waals surface area contributed by atoms with Crippen LogP contribution in [0.25, 0.3) is 0 Å². The van der Waals surface area contributed by atoms with Gasteiger partial charge in [-0.25, -0.2) is 0 Å². The molecule has 1 atom stereocenters. The van der Waals surface area contributed by atoms with Crippen LogP contribution < -0.4 is 5.32 Å². The van der Waals surface area contributed by atoms with Gasteiger partial charge < -0.3 is 10.4 Å². The Morgan fingerprint density at radius 2 is 2.27 bits per heavy atom. The highest BCUT2D eigenvalue weighted by Crippen LogP contribution is 1.95. The number of nitrogens with zero attached hydrogens (tertiary/aromatic N) is 1. The number of hydrogen-bond acceptors (Lipinski definition) is 3. The summed E-state index contributed by atoms with van der Waals surface area (Å²) in [5, 5.41) is 11.4. The summed E-state index contributed by atoms with van der Waals surface area (Å²) in [6.07, 6.45) is 3.39. The van der Waals surface area contributed by atoms with Crippen molar-refractivity contribution in [3.05, 3.63) is 30.1 Å². The molecular weight excluding hydrogens is 239 g/mol. The van der Waals surface area contributed by atoms with Gasteiger partial charge in [0.2, 0.25) is 0 Å². The lowest BCUT2D eigenvalue weighted by atomic mass is 10.2. The van der Waals surface area contributed by atoms with E-state index in [1.165, 1.54) is 0 Å². The maximum Gasteiger partial charge on any atom is 0.320 e. The zero-order chi connectivity index (χ0) is 9.68. The number of pyridine rings is 1. The van der Waals surface area contributed by atoms with Crippen LogP contribution in [0.4, 0.5) is 0 Å². The first-order valence-corrected chi connectivity index (χ1v) is 4.05. The van der Waals surface area contributed by atoms with Crippen LogP contribution in [0.3, 0.4) is 0 Å². The molecule has 1 rings (SSSR count). The number of hydrogen-bond donors (Lipinski definition) is 2. The standard InChI is InChI=1S/C9H12N2O2.2ClH/c1-7(9(12)13)11-6-8-3-2-4-10-5-8;;/h2-5,7,11H,6H2,1H3,(H,12,13);2*1H. The van der Waals surface area contributed by atoms with E-state index in [0.717, 1.165) is 5.56 Å². The Morgan fingerprint density at radius 3 is 2.73 bits per heavy atom. The van der Waals surface area contributed by atoms with E-state index in [-0.39, 0.29) is 24.8 Å². The second-order valence-electron chi connectivity index (χ2n) is 2.80. The molecule has 1 unspecified atom stereocenters. The van der Waals surface area contributed by atoms with Gasteiger partial charge in [0.1, 0.15) is 6.04 Å². The minimum Gasteiger partial charge on any atom is -0.480 e. The molecule has 6 heteroatoms. The van der Waals surface area contributed by atoms with Gasteiger partial charge in [-0.2, -0.15) is 0 Å². The summed E-state index contributed by atoms with van der Waals surface area (Å²) in [5.74, 6) is -0.844. The van der Waals surface area contributed by atoms with Crippen LogP contribution in [0.2, 0.25) is 0 Å². The SMILES string of the molecule is CC(NCc1cccnc1)C(=O)O.Cl.Cl. The molecular formula is C9H14Cl2N2O2. The van der Waals surface area contributed by atoms with Crippen molar-refractivity contribution in [2.24, 2.45) is 0 Å². The fourth-order valence-corrected chi connectivity index (χ4v) is 0.861. The molecule has 4 nitrogen and oxygen atoms in total. The highest BCUT2D eigenvalue weighted by atomic mass is 35.5. The van der Waals surface area contributed by atoms with Gasteiger partial charge >= 0.3 is 5.97 Å². The molecule has 86 valence electrons. The van der Waals surface area contributed by atoms with Crippen LogP contribution in [0.1, 0.15) is 12.5 Å². The van der Waals surface area contributed by atoms with Gasteiger partial charge in [-0.05, 0) is 18.6 Å².